The fourth-order valence-corrected chi connectivity index (χ4v) is 1.54. The van der Waals surface area contributed by atoms with Crippen LogP contribution in [-0.2, 0) is 9.53 Å². The first kappa shape index (κ1) is 15.0. The second kappa shape index (κ2) is 8.08. The lowest BCUT2D eigenvalue weighted by Crippen LogP contribution is -2.28. The molecule has 0 bridgehead atoms. The minimum absolute atomic E-state index is 0.0479. The van der Waals surface area contributed by atoms with E-state index in [0.29, 0.717) is 23.4 Å². The summed E-state index contributed by atoms with van der Waals surface area (Å²) in [5.74, 6) is -0.179. The van der Waals surface area contributed by atoms with Crippen LogP contribution in [0.25, 0.3) is 0 Å². The highest BCUT2D eigenvalue weighted by Gasteiger charge is 2.02. The van der Waals surface area contributed by atoms with E-state index in [1.165, 1.54) is 0 Å². The van der Waals surface area contributed by atoms with Gasteiger partial charge in [0, 0.05) is 23.3 Å². The van der Waals surface area contributed by atoms with Gasteiger partial charge in [0.2, 0.25) is 5.91 Å². The maximum atomic E-state index is 11.5. The zero-order chi connectivity index (χ0) is 13.4. The molecule has 0 spiro atoms. The van der Waals surface area contributed by atoms with Gasteiger partial charge in [-0.25, -0.2) is 0 Å². The van der Waals surface area contributed by atoms with Crippen LogP contribution in [0.2, 0.25) is 5.02 Å². The zero-order valence-corrected chi connectivity index (χ0v) is 11.5. The monoisotopic (exact) mass is 270 g/mol. The number of benzene rings is 1. The maximum absolute atomic E-state index is 11.5. The summed E-state index contributed by atoms with van der Waals surface area (Å²) < 4.78 is 5.24. The third kappa shape index (κ3) is 6.59. The van der Waals surface area contributed by atoms with Crippen molar-refractivity contribution in [2.45, 2.75) is 19.9 Å². The second-order valence-electron chi connectivity index (χ2n) is 4.22. The standard InChI is InChI=1S/C13H19ClN2O2/c1-10(2)15-6-7-18-9-13(17)16-12-5-3-4-11(14)8-12/h3-5,8,10,15H,6-7,9H2,1-2H3,(H,16,17). The number of hydrogen-bond acceptors (Lipinski definition) is 3. The average molecular weight is 271 g/mol. The van der Waals surface area contributed by atoms with E-state index in [4.69, 9.17) is 16.3 Å². The van der Waals surface area contributed by atoms with Crippen LogP contribution in [0.5, 0.6) is 0 Å². The molecule has 1 amide bonds. The first-order chi connectivity index (χ1) is 8.58. The number of anilines is 1. The summed E-state index contributed by atoms with van der Waals surface area (Å²) in [5, 5.41) is 6.51. The van der Waals surface area contributed by atoms with Gasteiger partial charge in [-0.3, -0.25) is 4.79 Å². The summed E-state index contributed by atoms with van der Waals surface area (Å²) in [6, 6.07) is 7.44. The molecule has 0 saturated carbocycles. The smallest absolute Gasteiger partial charge is 0.250 e. The molecule has 0 radical (unpaired) electrons. The Hall–Kier alpha value is -1.10. The minimum Gasteiger partial charge on any atom is -0.370 e. The van der Waals surface area contributed by atoms with Crippen molar-refractivity contribution in [2.24, 2.45) is 0 Å². The number of carbonyl (C=O) groups excluding carboxylic acids is 1. The number of amides is 1. The molecule has 1 aromatic carbocycles. The highest BCUT2D eigenvalue weighted by atomic mass is 35.5. The molecule has 0 heterocycles. The zero-order valence-electron chi connectivity index (χ0n) is 10.7. The van der Waals surface area contributed by atoms with E-state index in [2.05, 4.69) is 24.5 Å². The molecule has 1 aromatic rings. The lowest BCUT2D eigenvalue weighted by Gasteiger charge is -2.09. The van der Waals surface area contributed by atoms with E-state index in [1.807, 2.05) is 0 Å². The summed E-state index contributed by atoms with van der Waals surface area (Å²) >= 11 is 5.81. The molecular weight excluding hydrogens is 252 g/mol. The highest BCUT2D eigenvalue weighted by molar-refractivity contribution is 6.30. The Kier molecular flexibility index (Phi) is 6.72. The summed E-state index contributed by atoms with van der Waals surface area (Å²) in [6.07, 6.45) is 0. The molecule has 5 heteroatoms. The fourth-order valence-electron chi connectivity index (χ4n) is 1.35. The van der Waals surface area contributed by atoms with Gasteiger partial charge in [0.05, 0.1) is 6.61 Å². The quantitative estimate of drug-likeness (QED) is 0.748. The third-order valence-electron chi connectivity index (χ3n) is 2.14. The van der Waals surface area contributed by atoms with E-state index >= 15 is 0 Å². The maximum Gasteiger partial charge on any atom is 0.250 e. The summed E-state index contributed by atoms with van der Waals surface area (Å²) in [5.41, 5.74) is 0.677. The van der Waals surface area contributed by atoms with Crippen molar-refractivity contribution < 1.29 is 9.53 Å². The van der Waals surface area contributed by atoms with Gasteiger partial charge < -0.3 is 15.4 Å². The van der Waals surface area contributed by atoms with Crippen molar-refractivity contribution >= 4 is 23.2 Å². The lowest BCUT2D eigenvalue weighted by molar-refractivity contribution is -0.120. The Bertz CT molecular complexity index is 383. The number of halogens is 1. The topological polar surface area (TPSA) is 50.4 Å². The molecule has 0 aliphatic heterocycles. The molecule has 4 nitrogen and oxygen atoms in total. The first-order valence-corrected chi connectivity index (χ1v) is 6.32. The van der Waals surface area contributed by atoms with E-state index in [9.17, 15) is 4.79 Å². The molecule has 0 saturated heterocycles. The van der Waals surface area contributed by atoms with E-state index in [1.54, 1.807) is 24.3 Å². The van der Waals surface area contributed by atoms with Crippen molar-refractivity contribution in [3.8, 4) is 0 Å². The Labute approximate surface area is 113 Å². The Morgan fingerprint density at radius 3 is 2.89 bits per heavy atom. The number of rotatable bonds is 7. The average Bonchev–Trinajstić information content (AvgIpc) is 2.28. The number of carbonyl (C=O) groups is 1. The van der Waals surface area contributed by atoms with Crippen LogP contribution >= 0.6 is 11.6 Å². The SMILES string of the molecule is CC(C)NCCOCC(=O)Nc1cccc(Cl)c1. The van der Waals surface area contributed by atoms with Crippen molar-refractivity contribution in [1.29, 1.82) is 0 Å². The van der Waals surface area contributed by atoms with Crippen LogP contribution in [-0.4, -0.2) is 31.7 Å². The number of ether oxygens (including phenoxy) is 1. The molecule has 0 atom stereocenters. The summed E-state index contributed by atoms with van der Waals surface area (Å²) in [6.45, 7) is 5.42. The van der Waals surface area contributed by atoms with Crippen molar-refractivity contribution in [1.82, 2.24) is 5.32 Å². The third-order valence-corrected chi connectivity index (χ3v) is 2.38. The number of hydrogen-bond donors (Lipinski definition) is 2. The van der Waals surface area contributed by atoms with Crippen LogP contribution in [0.15, 0.2) is 24.3 Å². The Morgan fingerprint density at radius 1 is 1.44 bits per heavy atom. The Balaban J connectivity index is 2.18. The summed E-state index contributed by atoms with van der Waals surface area (Å²) in [7, 11) is 0. The van der Waals surface area contributed by atoms with Crippen LogP contribution in [0.1, 0.15) is 13.8 Å². The second-order valence-corrected chi connectivity index (χ2v) is 4.66. The molecule has 100 valence electrons. The first-order valence-electron chi connectivity index (χ1n) is 5.94. The molecule has 0 aliphatic carbocycles. The van der Waals surface area contributed by atoms with E-state index in [0.717, 1.165) is 6.54 Å². The normalized spacial score (nSPS) is 10.7. The van der Waals surface area contributed by atoms with Crippen molar-refractivity contribution in [3.05, 3.63) is 29.3 Å². The van der Waals surface area contributed by atoms with Gasteiger partial charge in [0.1, 0.15) is 6.61 Å². The van der Waals surface area contributed by atoms with Crippen LogP contribution in [0.4, 0.5) is 5.69 Å². The fraction of sp³-hybridized carbons (Fsp3) is 0.462. The van der Waals surface area contributed by atoms with Crippen molar-refractivity contribution in [2.75, 3.05) is 25.1 Å². The highest BCUT2D eigenvalue weighted by Crippen LogP contribution is 2.14. The van der Waals surface area contributed by atoms with Gasteiger partial charge in [0.25, 0.3) is 0 Å². The van der Waals surface area contributed by atoms with Crippen LogP contribution in [0, 0.1) is 0 Å². The predicted molar refractivity (Wildman–Crippen MR) is 74.0 cm³/mol. The van der Waals surface area contributed by atoms with Gasteiger partial charge in [-0.15, -0.1) is 0 Å². The molecule has 0 unspecified atom stereocenters. The minimum atomic E-state index is -0.179. The van der Waals surface area contributed by atoms with E-state index in [-0.39, 0.29) is 12.5 Å². The lowest BCUT2D eigenvalue weighted by atomic mass is 10.3. The van der Waals surface area contributed by atoms with Gasteiger partial charge in [0.15, 0.2) is 0 Å². The molecule has 1 rings (SSSR count). The molecule has 0 fully saturated rings. The summed E-state index contributed by atoms with van der Waals surface area (Å²) in [4.78, 5) is 11.5. The molecule has 18 heavy (non-hydrogen) atoms. The molecule has 2 N–H and O–H groups in total. The predicted octanol–water partition coefficient (Wildman–Crippen LogP) is 2.29. The number of nitrogens with one attached hydrogen (secondary N) is 2. The largest absolute Gasteiger partial charge is 0.370 e. The molecular formula is C13H19ClN2O2. The van der Waals surface area contributed by atoms with E-state index < -0.39 is 0 Å². The van der Waals surface area contributed by atoms with Gasteiger partial charge in [-0.1, -0.05) is 31.5 Å². The van der Waals surface area contributed by atoms with Crippen LogP contribution in [0.3, 0.4) is 0 Å². The van der Waals surface area contributed by atoms with Crippen LogP contribution < -0.4 is 10.6 Å². The molecule has 0 aliphatic rings. The van der Waals surface area contributed by atoms with Gasteiger partial charge >= 0.3 is 0 Å². The van der Waals surface area contributed by atoms with Gasteiger partial charge in [-0.05, 0) is 18.2 Å². The van der Waals surface area contributed by atoms with Crippen molar-refractivity contribution in [3.63, 3.8) is 0 Å². The molecule has 0 aromatic heterocycles. The van der Waals surface area contributed by atoms with Gasteiger partial charge in [-0.2, -0.15) is 0 Å². The Morgan fingerprint density at radius 2 is 2.22 bits per heavy atom.